The maximum atomic E-state index is 9.56. The third-order valence-corrected chi connectivity index (χ3v) is 2.52. The zero-order valence-electron chi connectivity index (χ0n) is 8.08. The molecule has 0 fully saturated rings. The van der Waals surface area contributed by atoms with Crippen molar-refractivity contribution < 1.29 is 5.11 Å². The maximum Gasteiger partial charge on any atom is 0.153 e. The third kappa shape index (κ3) is 2.31. The summed E-state index contributed by atoms with van der Waals surface area (Å²) in [4.78, 5) is 0. The SMILES string of the molecule is CCCCn1ccc(C)c(O)c1=S. The van der Waals surface area contributed by atoms with E-state index in [4.69, 9.17) is 12.2 Å². The number of unbranched alkanes of at least 4 members (excludes halogenated alkanes) is 1. The highest BCUT2D eigenvalue weighted by Gasteiger charge is 2.00. The molecule has 0 saturated carbocycles. The molecule has 0 radical (unpaired) electrons. The molecule has 72 valence electrons. The molecule has 2 nitrogen and oxygen atoms in total. The van der Waals surface area contributed by atoms with Crippen LogP contribution in [0.4, 0.5) is 0 Å². The summed E-state index contributed by atoms with van der Waals surface area (Å²) in [5, 5.41) is 9.56. The van der Waals surface area contributed by atoms with Crippen LogP contribution < -0.4 is 0 Å². The number of nitrogens with zero attached hydrogens (tertiary/aromatic N) is 1. The van der Waals surface area contributed by atoms with E-state index in [2.05, 4.69) is 6.92 Å². The van der Waals surface area contributed by atoms with Crippen LogP contribution >= 0.6 is 12.2 Å². The van der Waals surface area contributed by atoms with Crippen molar-refractivity contribution >= 4 is 12.2 Å². The van der Waals surface area contributed by atoms with E-state index in [0.29, 0.717) is 4.64 Å². The van der Waals surface area contributed by atoms with Gasteiger partial charge >= 0.3 is 0 Å². The molecule has 1 aromatic heterocycles. The molecule has 0 unspecified atom stereocenters. The predicted molar refractivity (Wildman–Crippen MR) is 56.6 cm³/mol. The van der Waals surface area contributed by atoms with Gasteiger partial charge in [0.1, 0.15) is 4.64 Å². The summed E-state index contributed by atoms with van der Waals surface area (Å²) in [5.41, 5.74) is 0.845. The van der Waals surface area contributed by atoms with Gasteiger partial charge in [0.15, 0.2) is 5.75 Å². The zero-order valence-corrected chi connectivity index (χ0v) is 8.90. The van der Waals surface area contributed by atoms with Crippen molar-refractivity contribution in [3.63, 3.8) is 0 Å². The molecular formula is C10H15NOS. The van der Waals surface area contributed by atoms with Gasteiger partial charge in [0.25, 0.3) is 0 Å². The molecule has 1 heterocycles. The van der Waals surface area contributed by atoms with E-state index in [1.54, 1.807) is 0 Å². The average Bonchev–Trinajstić information content (AvgIpc) is 2.13. The lowest BCUT2D eigenvalue weighted by atomic mass is 10.2. The van der Waals surface area contributed by atoms with Crippen LogP contribution in [0.1, 0.15) is 25.3 Å². The number of hydrogen-bond acceptors (Lipinski definition) is 2. The summed E-state index contributed by atoms with van der Waals surface area (Å²) in [7, 11) is 0. The Balaban J connectivity index is 2.97. The number of aromatic nitrogens is 1. The van der Waals surface area contributed by atoms with Gasteiger partial charge in [0, 0.05) is 12.7 Å². The molecule has 0 atom stereocenters. The molecule has 0 bridgehead atoms. The summed E-state index contributed by atoms with van der Waals surface area (Å²) in [6.45, 7) is 4.89. The van der Waals surface area contributed by atoms with E-state index in [1.165, 1.54) is 0 Å². The van der Waals surface area contributed by atoms with Crippen molar-refractivity contribution in [2.45, 2.75) is 33.2 Å². The smallest absolute Gasteiger partial charge is 0.153 e. The van der Waals surface area contributed by atoms with Crippen molar-refractivity contribution in [3.05, 3.63) is 22.5 Å². The first-order valence-corrected chi connectivity index (χ1v) is 4.96. The lowest BCUT2D eigenvalue weighted by molar-refractivity contribution is 0.456. The lowest BCUT2D eigenvalue weighted by Crippen LogP contribution is -2.00. The Kier molecular flexibility index (Phi) is 3.48. The number of pyridine rings is 1. The zero-order chi connectivity index (χ0) is 9.84. The topological polar surface area (TPSA) is 25.2 Å². The number of aryl methyl sites for hydroxylation is 2. The second-order valence-corrected chi connectivity index (χ2v) is 3.59. The van der Waals surface area contributed by atoms with Gasteiger partial charge in [0.2, 0.25) is 0 Å². The molecule has 0 aliphatic carbocycles. The molecule has 13 heavy (non-hydrogen) atoms. The van der Waals surface area contributed by atoms with Crippen molar-refractivity contribution in [1.29, 1.82) is 0 Å². The van der Waals surface area contributed by atoms with Gasteiger partial charge in [-0.15, -0.1) is 0 Å². The molecule has 1 N–H and O–H groups in total. The first-order chi connectivity index (χ1) is 6.16. The van der Waals surface area contributed by atoms with Crippen LogP contribution in [0.5, 0.6) is 5.75 Å². The first kappa shape index (κ1) is 10.3. The molecule has 3 heteroatoms. The van der Waals surface area contributed by atoms with Crippen LogP contribution in [0, 0.1) is 11.6 Å². The van der Waals surface area contributed by atoms with Crippen LogP contribution in [0.2, 0.25) is 0 Å². The fraction of sp³-hybridized carbons (Fsp3) is 0.500. The molecule has 1 rings (SSSR count). The quantitative estimate of drug-likeness (QED) is 0.753. The Morgan fingerprint density at radius 3 is 2.85 bits per heavy atom. The monoisotopic (exact) mass is 197 g/mol. The second kappa shape index (κ2) is 4.42. The second-order valence-electron chi connectivity index (χ2n) is 3.20. The van der Waals surface area contributed by atoms with Gasteiger partial charge in [-0.1, -0.05) is 25.6 Å². The van der Waals surface area contributed by atoms with Crippen molar-refractivity contribution in [2.24, 2.45) is 0 Å². The minimum Gasteiger partial charge on any atom is -0.505 e. The first-order valence-electron chi connectivity index (χ1n) is 4.55. The van der Waals surface area contributed by atoms with Crippen molar-refractivity contribution in [2.75, 3.05) is 0 Å². The van der Waals surface area contributed by atoms with Gasteiger partial charge in [-0.2, -0.15) is 0 Å². The summed E-state index contributed by atoms with van der Waals surface area (Å²) in [6, 6.07) is 1.89. The summed E-state index contributed by atoms with van der Waals surface area (Å²) in [6.07, 6.45) is 4.17. The Labute approximate surface area is 83.8 Å². The van der Waals surface area contributed by atoms with E-state index in [9.17, 15) is 5.11 Å². The minimum atomic E-state index is 0.244. The van der Waals surface area contributed by atoms with Crippen LogP contribution in [0.3, 0.4) is 0 Å². The lowest BCUT2D eigenvalue weighted by Gasteiger charge is -2.08. The van der Waals surface area contributed by atoms with Crippen LogP contribution in [-0.2, 0) is 6.54 Å². The van der Waals surface area contributed by atoms with Crippen LogP contribution in [0.25, 0.3) is 0 Å². The number of rotatable bonds is 3. The Bertz CT molecular complexity index is 343. The molecule has 0 aromatic carbocycles. The van der Waals surface area contributed by atoms with Gasteiger partial charge < -0.3 is 9.67 Å². The fourth-order valence-electron chi connectivity index (χ4n) is 1.16. The summed E-state index contributed by atoms with van der Waals surface area (Å²) >= 11 is 5.11. The van der Waals surface area contributed by atoms with E-state index in [0.717, 1.165) is 24.9 Å². The molecule has 1 aromatic rings. The van der Waals surface area contributed by atoms with E-state index >= 15 is 0 Å². The van der Waals surface area contributed by atoms with Crippen LogP contribution in [0.15, 0.2) is 12.3 Å². The number of hydrogen-bond donors (Lipinski definition) is 1. The van der Waals surface area contributed by atoms with E-state index in [-0.39, 0.29) is 5.75 Å². The largest absolute Gasteiger partial charge is 0.505 e. The standard InChI is InChI=1S/C10H15NOS/c1-3-4-6-11-7-5-8(2)9(12)10(11)13/h5,7,12H,3-4,6H2,1-2H3. The van der Waals surface area contributed by atoms with Gasteiger partial charge in [-0.25, -0.2) is 0 Å². The summed E-state index contributed by atoms with van der Waals surface area (Å²) < 4.78 is 2.47. The van der Waals surface area contributed by atoms with Gasteiger partial charge in [-0.05, 0) is 25.0 Å². The van der Waals surface area contributed by atoms with Crippen LogP contribution in [-0.4, -0.2) is 9.67 Å². The highest BCUT2D eigenvalue weighted by molar-refractivity contribution is 7.71. The van der Waals surface area contributed by atoms with Gasteiger partial charge in [0.05, 0.1) is 0 Å². The molecule has 0 aliphatic heterocycles. The van der Waals surface area contributed by atoms with Crippen molar-refractivity contribution in [3.8, 4) is 5.75 Å². The highest BCUT2D eigenvalue weighted by atomic mass is 32.1. The Morgan fingerprint density at radius 1 is 1.54 bits per heavy atom. The molecule has 0 spiro atoms. The van der Waals surface area contributed by atoms with E-state index in [1.807, 2.05) is 23.8 Å². The van der Waals surface area contributed by atoms with E-state index < -0.39 is 0 Å². The highest BCUT2D eigenvalue weighted by Crippen LogP contribution is 2.17. The van der Waals surface area contributed by atoms with Crippen molar-refractivity contribution in [1.82, 2.24) is 4.57 Å². The Morgan fingerprint density at radius 2 is 2.23 bits per heavy atom. The Hall–Kier alpha value is -0.830. The molecule has 0 amide bonds. The maximum absolute atomic E-state index is 9.56. The predicted octanol–water partition coefficient (Wildman–Crippen LogP) is 3.03. The number of aromatic hydroxyl groups is 1. The summed E-state index contributed by atoms with van der Waals surface area (Å²) in [5.74, 6) is 0.244. The third-order valence-electron chi connectivity index (χ3n) is 2.09. The normalized spacial score (nSPS) is 10.3. The average molecular weight is 197 g/mol. The fourth-order valence-corrected chi connectivity index (χ4v) is 1.47. The molecule has 0 aliphatic rings. The molecule has 0 saturated heterocycles. The minimum absolute atomic E-state index is 0.244. The van der Waals surface area contributed by atoms with Gasteiger partial charge in [-0.3, -0.25) is 0 Å². The molecular weight excluding hydrogens is 182 g/mol.